The lowest BCUT2D eigenvalue weighted by Crippen LogP contribution is -2.39. The van der Waals surface area contributed by atoms with Gasteiger partial charge < -0.3 is 10.1 Å². The average molecular weight is 280 g/mol. The lowest BCUT2D eigenvalue weighted by atomic mass is 10.1. The SMILES string of the molecule is CCC(C)(O)CNS(=O)(=O)c1sc(=O)[nH]c1C. The number of aromatic nitrogens is 1. The van der Waals surface area contributed by atoms with Gasteiger partial charge in [-0.2, -0.15) is 0 Å². The van der Waals surface area contributed by atoms with Crippen LogP contribution in [0.1, 0.15) is 26.0 Å². The molecule has 0 saturated heterocycles. The number of rotatable bonds is 5. The number of H-pyrrole nitrogens is 1. The molecule has 17 heavy (non-hydrogen) atoms. The second kappa shape index (κ2) is 4.89. The number of hydrogen-bond acceptors (Lipinski definition) is 5. The summed E-state index contributed by atoms with van der Waals surface area (Å²) < 4.78 is 26.0. The maximum absolute atomic E-state index is 11.9. The second-order valence-corrected chi connectivity index (χ2v) is 7.05. The van der Waals surface area contributed by atoms with E-state index in [1.165, 1.54) is 6.92 Å². The van der Waals surface area contributed by atoms with Crippen molar-refractivity contribution in [3.8, 4) is 0 Å². The Balaban J connectivity index is 2.91. The predicted molar refractivity (Wildman–Crippen MR) is 65.8 cm³/mol. The van der Waals surface area contributed by atoms with Crippen molar-refractivity contribution in [1.82, 2.24) is 9.71 Å². The third kappa shape index (κ3) is 3.63. The van der Waals surface area contributed by atoms with E-state index >= 15 is 0 Å². The van der Waals surface area contributed by atoms with E-state index in [9.17, 15) is 18.3 Å². The Morgan fingerprint density at radius 1 is 1.53 bits per heavy atom. The van der Waals surface area contributed by atoms with E-state index in [0.29, 0.717) is 23.5 Å². The van der Waals surface area contributed by atoms with E-state index in [4.69, 9.17) is 0 Å². The molecular formula is C9H16N2O4S2. The number of aliphatic hydroxyl groups is 1. The van der Waals surface area contributed by atoms with E-state index in [1.54, 1.807) is 13.8 Å². The third-order valence-corrected chi connectivity index (χ3v) is 5.44. The first-order valence-electron chi connectivity index (χ1n) is 5.10. The summed E-state index contributed by atoms with van der Waals surface area (Å²) in [6.45, 7) is 4.73. The molecule has 8 heteroatoms. The molecule has 0 aliphatic heterocycles. The maximum atomic E-state index is 11.9. The standard InChI is InChI=1S/C9H16N2O4S2/c1-4-9(3,13)5-10-17(14,15)7-6(2)11-8(12)16-7/h10,13H,4-5H2,1-3H3,(H,11,12). The van der Waals surface area contributed by atoms with Gasteiger partial charge >= 0.3 is 4.87 Å². The summed E-state index contributed by atoms with van der Waals surface area (Å²) in [5, 5.41) is 9.71. The highest BCUT2D eigenvalue weighted by Gasteiger charge is 2.25. The quantitative estimate of drug-likeness (QED) is 0.716. The first kappa shape index (κ1) is 14.4. The van der Waals surface area contributed by atoms with Crippen LogP contribution in [0.25, 0.3) is 0 Å². The molecule has 0 aliphatic rings. The van der Waals surface area contributed by atoms with Crippen molar-refractivity contribution in [1.29, 1.82) is 0 Å². The molecule has 0 aliphatic carbocycles. The van der Waals surface area contributed by atoms with E-state index in [2.05, 4.69) is 9.71 Å². The smallest absolute Gasteiger partial charge is 0.305 e. The van der Waals surface area contributed by atoms with Gasteiger partial charge in [0.25, 0.3) is 10.0 Å². The predicted octanol–water partition coefficient (Wildman–Crippen LogP) is 0.184. The Morgan fingerprint density at radius 3 is 2.53 bits per heavy atom. The maximum Gasteiger partial charge on any atom is 0.305 e. The van der Waals surface area contributed by atoms with Crippen molar-refractivity contribution in [3.63, 3.8) is 0 Å². The van der Waals surface area contributed by atoms with Crippen LogP contribution in [-0.4, -0.2) is 30.7 Å². The molecule has 1 heterocycles. The fraction of sp³-hybridized carbons (Fsp3) is 0.667. The highest BCUT2D eigenvalue weighted by Crippen LogP contribution is 2.16. The van der Waals surface area contributed by atoms with E-state index in [0.717, 1.165) is 0 Å². The largest absolute Gasteiger partial charge is 0.389 e. The van der Waals surface area contributed by atoms with E-state index in [-0.39, 0.29) is 10.8 Å². The molecule has 3 N–H and O–H groups in total. The van der Waals surface area contributed by atoms with Crippen molar-refractivity contribution < 1.29 is 13.5 Å². The van der Waals surface area contributed by atoms with Crippen LogP contribution in [-0.2, 0) is 10.0 Å². The Labute approximate surface area is 104 Å². The summed E-state index contributed by atoms with van der Waals surface area (Å²) in [7, 11) is -3.74. The van der Waals surface area contributed by atoms with Crippen LogP contribution in [0, 0.1) is 6.92 Å². The van der Waals surface area contributed by atoms with Gasteiger partial charge in [-0.1, -0.05) is 18.3 Å². The molecule has 1 aromatic heterocycles. The Kier molecular flexibility index (Phi) is 4.13. The van der Waals surface area contributed by atoms with Gasteiger partial charge in [0.2, 0.25) is 0 Å². The van der Waals surface area contributed by atoms with Crippen molar-refractivity contribution in [3.05, 3.63) is 15.4 Å². The fourth-order valence-corrected chi connectivity index (χ4v) is 3.59. The van der Waals surface area contributed by atoms with Crippen LogP contribution in [0.5, 0.6) is 0 Å². The van der Waals surface area contributed by atoms with Gasteiger partial charge in [-0.05, 0) is 20.3 Å². The van der Waals surface area contributed by atoms with Gasteiger partial charge in [0.15, 0.2) is 4.21 Å². The average Bonchev–Trinajstić information content (AvgIpc) is 2.56. The van der Waals surface area contributed by atoms with Crippen LogP contribution in [0.3, 0.4) is 0 Å². The van der Waals surface area contributed by atoms with Gasteiger partial charge in [0.05, 0.1) is 5.60 Å². The second-order valence-electron chi connectivity index (χ2n) is 4.10. The van der Waals surface area contributed by atoms with Gasteiger partial charge in [0.1, 0.15) is 0 Å². The summed E-state index contributed by atoms with van der Waals surface area (Å²) in [6, 6.07) is 0. The minimum atomic E-state index is -3.74. The van der Waals surface area contributed by atoms with Crippen molar-refractivity contribution in [2.45, 2.75) is 37.0 Å². The van der Waals surface area contributed by atoms with Crippen LogP contribution < -0.4 is 9.60 Å². The van der Waals surface area contributed by atoms with Crippen LogP contribution in [0.2, 0.25) is 0 Å². The zero-order valence-corrected chi connectivity index (χ0v) is 11.5. The molecule has 0 saturated carbocycles. The summed E-state index contributed by atoms with van der Waals surface area (Å²) in [6.07, 6.45) is 0.428. The highest BCUT2D eigenvalue weighted by molar-refractivity contribution is 7.91. The molecule has 1 rings (SSSR count). The number of thiazole rings is 1. The first-order chi connectivity index (χ1) is 7.68. The van der Waals surface area contributed by atoms with E-state index in [1.807, 2.05) is 0 Å². The molecule has 0 amide bonds. The zero-order valence-electron chi connectivity index (χ0n) is 9.90. The zero-order chi connectivity index (χ0) is 13.3. The van der Waals surface area contributed by atoms with Gasteiger partial charge in [-0.15, -0.1) is 0 Å². The molecule has 0 aromatic carbocycles. The monoisotopic (exact) mass is 280 g/mol. The Hall–Kier alpha value is -0.700. The lowest BCUT2D eigenvalue weighted by molar-refractivity contribution is 0.0613. The number of hydrogen-bond donors (Lipinski definition) is 3. The lowest BCUT2D eigenvalue weighted by Gasteiger charge is -2.21. The minimum Gasteiger partial charge on any atom is -0.389 e. The first-order valence-corrected chi connectivity index (χ1v) is 7.39. The molecule has 6 nitrogen and oxygen atoms in total. The summed E-state index contributed by atoms with van der Waals surface area (Å²) >= 11 is 0.636. The molecule has 0 radical (unpaired) electrons. The van der Waals surface area contributed by atoms with Crippen LogP contribution >= 0.6 is 11.3 Å². The number of sulfonamides is 1. The van der Waals surface area contributed by atoms with Crippen LogP contribution in [0.15, 0.2) is 9.00 Å². The Bertz CT molecular complexity index is 542. The number of nitrogens with one attached hydrogen (secondary N) is 2. The molecule has 1 aromatic rings. The number of aryl methyl sites for hydroxylation is 1. The van der Waals surface area contributed by atoms with Crippen molar-refractivity contribution >= 4 is 21.4 Å². The molecule has 1 unspecified atom stereocenters. The normalized spacial score (nSPS) is 15.8. The molecule has 0 bridgehead atoms. The summed E-state index contributed by atoms with van der Waals surface area (Å²) in [4.78, 5) is 13.0. The topological polar surface area (TPSA) is 99.3 Å². The highest BCUT2D eigenvalue weighted by atomic mass is 32.2. The fourth-order valence-electron chi connectivity index (χ4n) is 1.09. The molecule has 0 spiro atoms. The summed E-state index contributed by atoms with van der Waals surface area (Å²) in [5.74, 6) is 0. The molecule has 1 atom stereocenters. The summed E-state index contributed by atoms with van der Waals surface area (Å²) in [5.41, 5.74) is -0.786. The molecule has 98 valence electrons. The van der Waals surface area contributed by atoms with E-state index < -0.39 is 20.5 Å². The van der Waals surface area contributed by atoms with Crippen molar-refractivity contribution in [2.24, 2.45) is 0 Å². The Morgan fingerprint density at radius 2 is 2.12 bits per heavy atom. The molecular weight excluding hydrogens is 264 g/mol. The number of aromatic amines is 1. The third-order valence-electron chi connectivity index (χ3n) is 2.43. The van der Waals surface area contributed by atoms with Gasteiger partial charge in [-0.25, -0.2) is 13.1 Å². The minimum absolute atomic E-state index is 0.0330. The van der Waals surface area contributed by atoms with Gasteiger partial charge in [0, 0.05) is 12.2 Å². The molecule has 0 fully saturated rings. The van der Waals surface area contributed by atoms with Crippen LogP contribution in [0.4, 0.5) is 0 Å². The van der Waals surface area contributed by atoms with Crippen molar-refractivity contribution in [2.75, 3.05) is 6.54 Å². The van der Waals surface area contributed by atoms with Gasteiger partial charge in [-0.3, -0.25) is 4.79 Å².